The zero-order chi connectivity index (χ0) is 11.5. The van der Waals surface area contributed by atoms with E-state index < -0.39 is 0 Å². The summed E-state index contributed by atoms with van der Waals surface area (Å²) in [7, 11) is 0. The summed E-state index contributed by atoms with van der Waals surface area (Å²) >= 11 is 0. The van der Waals surface area contributed by atoms with Crippen molar-refractivity contribution in [1.29, 1.82) is 0 Å². The van der Waals surface area contributed by atoms with Crippen molar-refractivity contribution >= 4 is 11.1 Å². The maximum absolute atomic E-state index is 5.36. The minimum absolute atomic E-state index is 0.119. The van der Waals surface area contributed by atoms with Crippen LogP contribution in [0.15, 0.2) is 29.0 Å². The summed E-state index contributed by atoms with van der Waals surface area (Å²) in [6.07, 6.45) is 3.55. The number of nitrogens with zero attached hydrogens (tertiary/aromatic N) is 1. The second kappa shape index (κ2) is 4.47. The molecule has 0 aliphatic heterocycles. The zero-order valence-corrected chi connectivity index (χ0v) is 10.2. The van der Waals surface area contributed by atoms with Crippen molar-refractivity contribution in [1.82, 2.24) is 4.98 Å². The van der Waals surface area contributed by atoms with Crippen molar-refractivity contribution in [2.75, 3.05) is 0 Å². The van der Waals surface area contributed by atoms with Gasteiger partial charge in [0.05, 0.1) is 6.26 Å². The second-order valence-corrected chi connectivity index (χ2v) is 4.26. The highest BCUT2D eigenvalue weighted by molar-refractivity contribution is 5.78. The Balaban J connectivity index is 0.000000531. The molecule has 0 aromatic carbocycles. The van der Waals surface area contributed by atoms with Crippen molar-refractivity contribution in [3.05, 3.63) is 30.2 Å². The van der Waals surface area contributed by atoms with Crippen LogP contribution in [-0.4, -0.2) is 4.98 Å². The summed E-state index contributed by atoms with van der Waals surface area (Å²) in [6, 6.07) is 3.99. The van der Waals surface area contributed by atoms with Crippen LogP contribution < -0.4 is 0 Å². The normalized spacial score (nSPS) is 11.0. The van der Waals surface area contributed by atoms with Crippen molar-refractivity contribution in [3.8, 4) is 0 Å². The molecule has 0 aliphatic rings. The zero-order valence-electron chi connectivity index (χ0n) is 10.2. The second-order valence-electron chi connectivity index (χ2n) is 4.26. The highest BCUT2D eigenvalue weighted by Gasteiger charge is 2.19. The number of aromatic nitrogens is 1. The Morgan fingerprint density at radius 2 is 1.87 bits per heavy atom. The van der Waals surface area contributed by atoms with Crippen LogP contribution in [0.25, 0.3) is 11.1 Å². The molecule has 2 heterocycles. The molecule has 0 bridgehead atoms. The number of pyridine rings is 1. The molecule has 2 heteroatoms. The smallest absolute Gasteiger partial charge is 0.226 e. The first-order chi connectivity index (χ1) is 7.09. The van der Waals surface area contributed by atoms with Crippen LogP contribution in [0, 0.1) is 0 Å². The average molecular weight is 205 g/mol. The summed E-state index contributed by atoms with van der Waals surface area (Å²) < 4.78 is 5.36. The predicted octanol–water partition coefficient (Wildman–Crippen LogP) is 4.15. The van der Waals surface area contributed by atoms with Gasteiger partial charge < -0.3 is 4.42 Å². The fraction of sp³-hybridized carbons (Fsp3) is 0.462. The van der Waals surface area contributed by atoms with Gasteiger partial charge in [-0.1, -0.05) is 34.6 Å². The fourth-order valence-corrected chi connectivity index (χ4v) is 1.45. The van der Waals surface area contributed by atoms with Gasteiger partial charge in [-0.25, -0.2) is 4.98 Å². The van der Waals surface area contributed by atoms with E-state index in [9.17, 15) is 0 Å². The Morgan fingerprint density at radius 3 is 2.47 bits per heavy atom. The molecule has 2 aromatic heterocycles. The lowest BCUT2D eigenvalue weighted by Gasteiger charge is -2.15. The standard InChI is InChI=1S/C11H13NO.C2H6/c1-11(2,3)9-7-13-10-8(9)5-4-6-12-10;1-2/h4-7H,1-3H3;1-2H3. The molecule has 0 aliphatic carbocycles. The van der Waals surface area contributed by atoms with Gasteiger partial charge in [0.1, 0.15) is 0 Å². The van der Waals surface area contributed by atoms with Crippen LogP contribution in [0.5, 0.6) is 0 Å². The Morgan fingerprint density at radius 1 is 1.20 bits per heavy atom. The molecule has 0 saturated carbocycles. The van der Waals surface area contributed by atoms with E-state index in [2.05, 4.69) is 25.8 Å². The van der Waals surface area contributed by atoms with E-state index in [-0.39, 0.29) is 5.41 Å². The average Bonchev–Trinajstić information content (AvgIpc) is 2.63. The highest BCUT2D eigenvalue weighted by Crippen LogP contribution is 2.30. The molecule has 0 spiro atoms. The monoisotopic (exact) mass is 205 g/mol. The quantitative estimate of drug-likeness (QED) is 0.645. The van der Waals surface area contributed by atoms with Crippen molar-refractivity contribution < 1.29 is 4.42 Å². The van der Waals surface area contributed by atoms with Gasteiger partial charge in [0, 0.05) is 17.1 Å². The van der Waals surface area contributed by atoms with Gasteiger partial charge in [-0.15, -0.1) is 0 Å². The third kappa shape index (κ3) is 2.38. The van der Waals surface area contributed by atoms with Gasteiger partial charge >= 0.3 is 0 Å². The molecule has 0 fully saturated rings. The first-order valence-electron chi connectivity index (χ1n) is 5.42. The number of furan rings is 1. The molecule has 0 N–H and O–H groups in total. The molecule has 0 radical (unpaired) electrons. The highest BCUT2D eigenvalue weighted by atomic mass is 16.3. The van der Waals surface area contributed by atoms with Gasteiger partial charge in [-0.05, 0) is 17.5 Å². The number of fused-ring (bicyclic) bond motifs is 1. The summed E-state index contributed by atoms with van der Waals surface area (Å²) in [5, 5.41) is 1.12. The molecule has 2 aromatic rings. The fourth-order valence-electron chi connectivity index (χ4n) is 1.45. The minimum Gasteiger partial charge on any atom is -0.446 e. The van der Waals surface area contributed by atoms with Gasteiger partial charge in [-0.3, -0.25) is 0 Å². The number of rotatable bonds is 0. The molecule has 2 nitrogen and oxygen atoms in total. The van der Waals surface area contributed by atoms with E-state index >= 15 is 0 Å². The van der Waals surface area contributed by atoms with Gasteiger partial charge in [0.2, 0.25) is 5.71 Å². The van der Waals surface area contributed by atoms with E-state index in [1.165, 1.54) is 5.56 Å². The Kier molecular flexibility index (Phi) is 3.51. The molecule has 0 saturated heterocycles. The summed E-state index contributed by atoms with van der Waals surface area (Å²) in [5.41, 5.74) is 2.07. The topological polar surface area (TPSA) is 26.0 Å². The van der Waals surface area contributed by atoms with Crippen molar-refractivity contribution in [2.45, 2.75) is 40.0 Å². The number of hydrogen-bond donors (Lipinski definition) is 0. The van der Waals surface area contributed by atoms with Gasteiger partial charge in [0.25, 0.3) is 0 Å². The van der Waals surface area contributed by atoms with E-state index in [0.717, 1.165) is 11.1 Å². The van der Waals surface area contributed by atoms with Crippen molar-refractivity contribution in [3.63, 3.8) is 0 Å². The molecule has 2 rings (SSSR count). The Hall–Kier alpha value is -1.31. The summed E-state index contributed by atoms with van der Waals surface area (Å²) in [4.78, 5) is 4.15. The SMILES string of the molecule is CC.CC(C)(C)c1coc2ncccc12. The minimum atomic E-state index is 0.119. The summed E-state index contributed by atoms with van der Waals surface area (Å²) in [6.45, 7) is 10.5. The third-order valence-corrected chi connectivity index (χ3v) is 2.16. The van der Waals surface area contributed by atoms with E-state index in [0.29, 0.717) is 0 Å². The van der Waals surface area contributed by atoms with Crippen LogP contribution in [0.1, 0.15) is 40.2 Å². The van der Waals surface area contributed by atoms with Crippen LogP contribution in [0.4, 0.5) is 0 Å². The lowest BCUT2D eigenvalue weighted by atomic mass is 9.87. The van der Waals surface area contributed by atoms with E-state index in [1.54, 1.807) is 12.5 Å². The van der Waals surface area contributed by atoms with Crippen LogP contribution in [0.2, 0.25) is 0 Å². The van der Waals surface area contributed by atoms with Gasteiger partial charge in [-0.2, -0.15) is 0 Å². The molecule has 0 unspecified atom stereocenters. The largest absolute Gasteiger partial charge is 0.446 e. The Labute approximate surface area is 91.3 Å². The van der Waals surface area contributed by atoms with Crippen LogP contribution in [-0.2, 0) is 5.41 Å². The maximum Gasteiger partial charge on any atom is 0.226 e. The molecule has 82 valence electrons. The molecular weight excluding hydrogens is 186 g/mol. The van der Waals surface area contributed by atoms with E-state index in [4.69, 9.17) is 4.42 Å². The van der Waals surface area contributed by atoms with Crippen molar-refractivity contribution in [2.24, 2.45) is 0 Å². The molecule has 15 heavy (non-hydrogen) atoms. The first kappa shape index (κ1) is 11.8. The predicted molar refractivity (Wildman–Crippen MR) is 64.1 cm³/mol. The molecule has 0 atom stereocenters. The molecule has 0 amide bonds. The molecular formula is C13H19NO. The number of hydrogen-bond acceptors (Lipinski definition) is 2. The van der Waals surface area contributed by atoms with Crippen LogP contribution >= 0.6 is 0 Å². The maximum atomic E-state index is 5.36. The lowest BCUT2D eigenvalue weighted by Crippen LogP contribution is -2.09. The first-order valence-corrected chi connectivity index (χ1v) is 5.42. The third-order valence-electron chi connectivity index (χ3n) is 2.16. The van der Waals surface area contributed by atoms with Crippen LogP contribution in [0.3, 0.4) is 0 Å². The van der Waals surface area contributed by atoms with Gasteiger partial charge in [0.15, 0.2) is 0 Å². The Bertz CT molecular complexity index is 423. The lowest BCUT2D eigenvalue weighted by molar-refractivity contribution is 0.553. The van der Waals surface area contributed by atoms with E-state index in [1.807, 2.05) is 26.0 Å². The summed E-state index contributed by atoms with van der Waals surface area (Å²) in [5.74, 6) is 0.